The molecule has 0 aromatic heterocycles. The minimum atomic E-state index is 0.371. The van der Waals surface area contributed by atoms with Gasteiger partial charge in [-0.25, -0.2) is 0 Å². The van der Waals surface area contributed by atoms with Crippen molar-refractivity contribution < 1.29 is 4.74 Å². The van der Waals surface area contributed by atoms with Gasteiger partial charge in [0, 0.05) is 19.0 Å². The van der Waals surface area contributed by atoms with Crippen LogP contribution >= 0.6 is 0 Å². The molecule has 0 bridgehead atoms. The highest BCUT2D eigenvalue weighted by atomic mass is 16.5. The van der Waals surface area contributed by atoms with Gasteiger partial charge >= 0.3 is 0 Å². The second-order valence-electron chi connectivity index (χ2n) is 6.13. The molecule has 0 aliphatic carbocycles. The van der Waals surface area contributed by atoms with Crippen LogP contribution < -0.4 is 10.1 Å². The molecule has 1 fully saturated rings. The predicted molar refractivity (Wildman–Crippen MR) is 76.4 cm³/mol. The summed E-state index contributed by atoms with van der Waals surface area (Å²) in [4.78, 5) is 0. The Labute approximate surface area is 111 Å². The molecule has 1 aromatic rings. The monoisotopic (exact) mass is 247 g/mol. The molecule has 18 heavy (non-hydrogen) atoms. The van der Waals surface area contributed by atoms with Crippen molar-refractivity contribution in [1.82, 2.24) is 5.32 Å². The summed E-state index contributed by atoms with van der Waals surface area (Å²) in [7, 11) is 1.77. The molecule has 1 saturated heterocycles. The lowest BCUT2D eigenvalue weighted by Gasteiger charge is -2.36. The Morgan fingerprint density at radius 2 is 2.17 bits per heavy atom. The first-order chi connectivity index (χ1) is 8.55. The number of hydrogen-bond acceptors (Lipinski definition) is 2. The molecule has 1 heterocycles. The van der Waals surface area contributed by atoms with Gasteiger partial charge in [-0.15, -0.1) is 0 Å². The van der Waals surface area contributed by atoms with Crippen molar-refractivity contribution >= 4 is 0 Å². The topological polar surface area (TPSA) is 21.3 Å². The molecule has 0 radical (unpaired) electrons. The van der Waals surface area contributed by atoms with Gasteiger partial charge in [0.1, 0.15) is 5.75 Å². The molecular weight excluding hydrogens is 222 g/mol. The molecule has 2 heteroatoms. The van der Waals surface area contributed by atoms with Crippen molar-refractivity contribution in [1.29, 1.82) is 0 Å². The maximum absolute atomic E-state index is 5.54. The van der Waals surface area contributed by atoms with E-state index in [0.717, 1.165) is 25.3 Å². The summed E-state index contributed by atoms with van der Waals surface area (Å²) in [6, 6.07) is 6.62. The van der Waals surface area contributed by atoms with Crippen LogP contribution in [0.1, 0.15) is 44.2 Å². The summed E-state index contributed by atoms with van der Waals surface area (Å²) in [6.07, 6.45) is 2.31. The first-order valence-corrected chi connectivity index (χ1v) is 6.93. The van der Waals surface area contributed by atoms with Crippen molar-refractivity contribution in [2.45, 2.75) is 39.5 Å². The number of methoxy groups -OCH3 is 1. The lowest BCUT2D eigenvalue weighted by Crippen LogP contribution is -2.40. The fourth-order valence-corrected chi connectivity index (χ4v) is 2.94. The maximum atomic E-state index is 5.54. The van der Waals surface area contributed by atoms with Crippen molar-refractivity contribution in [3.8, 4) is 5.75 Å². The van der Waals surface area contributed by atoms with Crippen LogP contribution in [-0.2, 0) is 6.42 Å². The van der Waals surface area contributed by atoms with Gasteiger partial charge in [0.2, 0.25) is 0 Å². The number of ether oxygens (including phenoxy) is 1. The highest BCUT2D eigenvalue weighted by Crippen LogP contribution is 2.38. The molecular formula is C16H25NO. The second-order valence-corrected chi connectivity index (χ2v) is 6.13. The molecule has 1 aromatic carbocycles. The smallest absolute Gasteiger partial charge is 0.122 e. The molecule has 100 valence electrons. The SMILES string of the molecule is CCc1ccc(OC)c(C2CNCC(C)(C)C2)c1. The summed E-state index contributed by atoms with van der Waals surface area (Å²) in [5.74, 6) is 1.60. The van der Waals surface area contributed by atoms with Gasteiger partial charge in [-0.2, -0.15) is 0 Å². The zero-order valence-electron chi connectivity index (χ0n) is 12.0. The Bertz CT molecular complexity index is 412. The average molecular weight is 247 g/mol. The fraction of sp³-hybridized carbons (Fsp3) is 0.625. The highest BCUT2D eigenvalue weighted by Gasteiger charge is 2.30. The predicted octanol–water partition coefficient (Wildman–Crippen LogP) is 3.36. The molecule has 1 atom stereocenters. The van der Waals surface area contributed by atoms with E-state index < -0.39 is 0 Å². The number of nitrogens with one attached hydrogen (secondary N) is 1. The summed E-state index contributed by atoms with van der Waals surface area (Å²) in [6.45, 7) is 9.05. The van der Waals surface area contributed by atoms with Crippen LogP contribution in [0.4, 0.5) is 0 Å². The number of aryl methyl sites for hydroxylation is 1. The van der Waals surface area contributed by atoms with Crippen molar-refractivity contribution in [2.24, 2.45) is 5.41 Å². The molecule has 1 unspecified atom stereocenters. The lowest BCUT2D eigenvalue weighted by atomic mass is 9.76. The van der Waals surface area contributed by atoms with Crippen LogP contribution in [0.25, 0.3) is 0 Å². The Balaban J connectivity index is 2.30. The van der Waals surface area contributed by atoms with E-state index in [-0.39, 0.29) is 0 Å². The van der Waals surface area contributed by atoms with Crippen LogP contribution in [-0.4, -0.2) is 20.2 Å². The fourth-order valence-electron chi connectivity index (χ4n) is 2.94. The summed E-state index contributed by atoms with van der Waals surface area (Å²) in [5.41, 5.74) is 3.14. The molecule has 1 aliphatic rings. The molecule has 1 N–H and O–H groups in total. The quantitative estimate of drug-likeness (QED) is 0.884. The number of piperidine rings is 1. The molecule has 2 nitrogen and oxygen atoms in total. The van der Waals surface area contributed by atoms with Crippen molar-refractivity contribution in [2.75, 3.05) is 20.2 Å². The largest absolute Gasteiger partial charge is 0.496 e. The van der Waals surface area contributed by atoms with Crippen LogP contribution in [0.2, 0.25) is 0 Å². The van der Waals surface area contributed by atoms with E-state index in [1.54, 1.807) is 7.11 Å². The van der Waals surface area contributed by atoms with Crippen molar-refractivity contribution in [3.05, 3.63) is 29.3 Å². The molecule has 0 spiro atoms. The van der Waals surface area contributed by atoms with E-state index >= 15 is 0 Å². The van der Waals surface area contributed by atoms with Crippen LogP contribution in [0, 0.1) is 5.41 Å². The Hall–Kier alpha value is -1.02. The minimum absolute atomic E-state index is 0.371. The third kappa shape index (κ3) is 2.86. The van der Waals surface area contributed by atoms with E-state index in [4.69, 9.17) is 4.74 Å². The van der Waals surface area contributed by atoms with Gasteiger partial charge < -0.3 is 10.1 Å². The lowest BCUT2D eigenvalue weighted by molar-refractivity contribution is 0.237. The van der Waals surface area contributed by atoms with Crippen LogP contribution in [0.15, 0.2) is 18.2 Å². The van der Waals surface area contributed by atoms with Crippen molar-refractivity contribution in [3.63, 3.8) is 0 Å². The van der Waals surface area contributed by atoms with Gasteiger partial charge in [-0.05, 0) is 35.4 Å². The average Bonchev–Trinajstić information content (AvgIpc) is 2.36. The minimum Gasteiger partial charge on any atom is -0.496 e. The first kappa shape index (κ1) is 13.4. The standard InChI is InChI=1S/C16H25NO/c1-5-12-6-7-15(18-4)14(8-12)13-9-16(2,3)11-17-10-13/h6-8,13,17H,5,9-11H2,1-4H3. The zero-order valence-corrected chi connectivity index (χ0v) is 12.0. The summed E-state index contributed by atoms with van der Waals surface area (Å²) < 4.78 is 5.54. The Kier molecular flexibility index (Phi) is 3.96. The third-order valence-corrected chi connectivity index (χ3v) is 3.94. The molecule has 1 aliphatic heterocycles. The van der Waals surface area contributed by atoms with Crippen LogP contribution in [0.3, 0.4) is 0 Å². The molecule has 0 saturated carbocycles. The van der Waals surface area contributed by atoms with E-state index in [9.17, 15) is 0 Å². The van der Waals surface area contributed by atoms with Gasteiger partial charge in [0.15, 0.2) is 0 Å². The second kappa shape index (κ2) is 5.31. The van der Waals surface area contributed by atoms with Gasteiger partial charge in [-0.1, -0.05) is 32.9 Å². The highest BCUT2D eigenvalue weighted by molar-refractivity contribution is 5.40. The van der Waals surface area contributed by atoms with Gasteiger partial charge in [0.05, 0.1) is 7.11 Å². The molecule has 2 rings (SSSR count). The Morgan fingerprint density at radius 3 is 2.78 bits per heavy atom. The molecule has 0 amide bonds. The Morgan fingerprint density at radius 1 is 1.39 bits per heavy atom. The van der Waals surface area contributed by atoms with Gasteiger partial charge in [-0.3, -0.25) is 0 Å². The zero-order chi connectivity index (χ0) is 13.2. The van der Waals surface area contributed by atoms with E-state index in [0.29, 0.717) is 11.3 Å². The normalized spacial score (nSPS) is 22.8. The third-order valence-electron chi connectivity index (χ3n) is 3.94. The first-order valence-electron chi connectivity index (χ1n) is 6.93. The number of rotatable bonds is 3. The maximum Gasteiger partial charge on any atom is 0.122 e. The van der Waals surface area contributed by atoms with Crippen LogP contribution in [0.5, 0.6) is 5.75 Å². The van der Waals surface area contributed by atoms with E-state index in [1.807, 2.05) is 0 Å². The van der Waals surface area contributed by atoms with E-state index in [1.165, 1.54) is 17.5 Å². The summed E-state index contributed by atoms with van der Waals surface area (Å²) >= 11 is 0. The van der Waals surface area contributed by atoms with Gasteiger partial charge in [0.25, 0.3) is 0 Å². The summed E-state index contributed by atoms with van der Waals surface area (Å²) in [5, 5.41) is 3.56. The van der Waals surface area contributed by atoms with E-state index in [2.05, 4.69) is 44.3 Å². The number of benzene rings is 1. The number of hydrogen-bond donors (Lipinski definition) is 1.